The molecule has 0 saturated heterocycles. The zero-order valence-corrected chi connectivity index (χ0v) is 20.7. The number of anilines is 1. The molecule has 0 fully saturated rings. The normalized spacial score (nSPS) is 15.6. The first kappa shape index (κ1) is 24.8. The number of amides is 2. The number of ether oxygens (including phenoxy) is 1. The summed E-state index contributed by atoms with van der Waals surface area (Å²) in [6, 6.07) is 15.0. The van der Waals surface area contributed by atoms with Crippen LogP contribution in [0, 0.1) is 5.41 Å². The third-order valence-electron chi connectivity index (χ3n) is 6.05. The van der Waals surface area contributed by atoms with E-state index in [1.54, 1.807) is 17.0 Å². The van der Waals surface area contributed by atoms with Gasteiger partial charge in [-0.05, 0) is 75.6 Å². The minimum Gasteiger partial charge on any atom is -0.491 e. The van der Waals surface area contributed by atoms with Crippen LogP contribution in [0.25, 0.3) is 0 Å². The molecular formula is C26H32ClN3O3. The minimum atomic E-state index is -1.13. The van der Waals surface area contributed by atoms with Crippen molar-refractivity contribution < 1.29 is 14.3 Å². The number of carbonyl (C=O) groups is 2. The topological polar surface area (TPSA) is 62.2 Å². The van der Waals surface area contributed by atoms with Crippen molar-refractivity contribution in [3.63, 3.8) is 0 Å². The van der Waals surface area contributed by atoms with E-state index >= 15 is 0 Å². The molecule has 6 nitrogen and oxygen atoms in total. The Morgan fingerprint density at radius 2 is 1.61 bits per heavy atom. The van der Waals surface area contributed by atoms with Crippen LogP contribution >= 0.6 is 11.6 Å². The van der Waals surface area contributed by atoms with E-state index in [1.807, 2.05) is 75.9 Å². The van der Waals surface area contributed by atoms with Crippen LogP contribution in [0.15, 0.2) is 53.5 Å². The molecule has 0 bridgehead atoms. The molecule has 1 aliphatic heterocycles. The second-order valence-electron chi connectivity index (χ2n) is 8.43. The fourth-order valence-corrected chi connectivity index (χ4v) is 4.22. The van der Waals surface area contributed by atoms with E-state index in [-0.39, 0.29) is 17.9 Å². The molecule has 0 unspecified atom stereocenters. The van der Waals surface area contributed by atoms with Gasteiger partial charge in [0.2, 0.25) is 11.9 Å². The smallest absolute Gasteiger partial charge is 0.264 e. The molecule has 2 amide bonds. The Balaban J connectivity index is 2.04. The zero-order valence-electron chi connectivity index (χ0n) is 20.0. The molecule has 176 valence electrons. The molecule has 33 heavy (non-hydrogen) atoms. The Hall–Kier alpha value is -2.86. The van der Waals surface area contributed by atoms with E-state index in [1.165, 1.54) is 0 Å². The average Bonchev–Trinajstić information content (AvgIpc) is 2.79. The number of aliphatic imine (C=N–C) groups is 1. The highest BCUT2D eigenvalue weighted by Crippen LogP contribution is 2.36. The van der Waals surface area contributed by atoms with Crippen LogP contribution in [0.1, 0.15) is 53.0 Å². The van der Waals surface area contributed by atoms with Gasteiger partial charge in [0, 0.05) is 17.3 Å². The zero-order chi connectivity index (χ0) is 24.2. The van der Waals surface area contributed by atoms with Crippen LogP contribution in [0.5, 0.6) is 5.75 Å². The standard InChI is InChI=1S/C26H32ClN3O3/c1-6-26(7-2)23(31)28-25(30(24(26)32)17-19-9-11-20(27)12-10-19)29(8-3)21-13-15-22(16-14-21)33-18(4)5/h9-16,18H,6-8,17H2,1-5H3. The second kappa shape index (κ2) is 10.4. The third-order valence-corrected chi connectivity index (χ3v) is 6.30. The summed E-state index contributed by atoms with van der Waals surface area (Å²) >= 11 is 6.05. The van der Waals surface area contributed by atoms with Crippen LogP contribution in [-0.4, -0.2) is 35.3 Å². The maximum atomic E-state index is 13.8. The molecular weight excluding hydrogens is 438 g/mol. The first-order valence-corrected chi connectivity index (χ1v) is 11.9. The highest BCUT2D eigenvalue weighted by Gasteiger charge is 2.50. The highest BCUT2D eigenvalue weighted by molar-refractivity contribution is 6.30. The summed E-state index contributed by atoms with van der Waals surface area (Å²) in [6.45, 7) is 10.5. The lowest BCUT2D eigenvalue weighted by atomic mass is 9.79. The molecule has 1 aliphatic rings. The molecule has 1 heterocycles. The molecule has 0 spiro atoms. The van der Waals surface area contributed by atoms with E-state index in [2.05, 4.69) is 4.99 Å². The Kier molecular flexibility index (Phi) is 7.80. The fourth-order valence-electron chi connectivity index (χ4n) is 4.09. The van der Waals surface area contributed by atoms with Crippen LogP contribution in [0.4, 0.5) is 5.69 Å². The SMILES string of the molecule is CCN(C1=NC(=O)C(CC)(CC)C(=O)N1Cc1ccc(Cl)cc1)c1ccc(OC(C)C)cc1. The monoisotopic (exact) mass is 469 g/mol. The van der Waals surface area contributed by atoms with E-state index in [9.17, 15) is 9.59 Å². The van der Waals surface area contributed by atoms with Crippen LogP contribution < -0.4 is 9.64 Å². The van der Waals surface area contributed by atoms with Gasteiger partial charge in [0.25, 0.3) is 5.91 Å². The molecule has 0 aliphatic carbocycles. The number of carbonyl (C=O) groups excluding carboxylic acids is 2. The van der Waals surface area contributed by atoms with Crippen LogP contribution in [0.3, 0.4) is 0 Å². The maximum Gasteiger partial charge on any atom is 0.264 e. The average molecular weight is 470 g/mol. The number of guanidine groups is 1. The number of rotatable bonds is 8. The van der Waals surface area contributed by atoms with Crippen molar-refractivity contribution in [3.8, 4) is 5.75 Å². The van der Waals surface area contributed by atoms with Crippen molar-refractivity contribution in [1.82, 2.24) is 4.90 Å². The number of hydrogen-bond acceptors (Lipinski definition) is 4. The van der Waals surface area contributed by atoms with Crippen molar-refractivity contribution in [2.75, 3.05) is 11.4 Å². The van der Waals surface area contributed by atoms with Crippen LogP contribution in [-0.2, 0) is 16.1 Å². The first-order valence-electron chi connectivity index (χ1n) is 11.5. The second-order valence-corrected chi connectivity index (χ2v) is 8.87. The Bertz CT molecular complexity index is 1010. The molecule has 0 N–H and O–H groups in total. The van der Waals surface area contributed by atoms with Gasteiger partial charge in [0.15, 0.2) is 0 Å². The van der Waals surface area contributed by atoms with Gasteiger partial charge in [-0.15, -0.1) is 0 Å². The van der Waals surface area contributed by atoms with Crippen molar-refractivity contribution in [1.29, 1.82) is 0 Å². The van der Waals surface area contributed by atoms with Gasteiger partial charge in [-0.25, -0.2) is 0 Å². The van der Waals surface area contributed by atoms with Crippen molar-refractivity contribution in [2.45, 2.75) is 60.1 Å². The van der Waals surface area contributed by atoms with E-state index < -0.39 is 5.41 Å². The van der Waals surface area contributed by atoms with Gasteiger partial charge in [0.1, 0.15) is 11.2 Å². The quantitative estimate of drug-likeness (QED) is 0.466. The van der Waals surface area contributed by atoms with E-state index in [0.29, 0.717) is 36.9 Å². The number of nitrogens with zero attached hydrogens (tertiary/aromatic N) is 3. The number of hydrogen-bond donors (Lipinski definition) is 0. The van der Waals surface area contributed by atoms with Crippen molar-refractivity contribution in [2.24, 2.45) is 10.4 Å². The number of halogens is 1. The van der Waals surface area contributed by atoms with E-state index in [4.69, 9.17) is 16.3 Å². The molecule has 2 aromatic rings. The Morgan fingerprint density at radius 1 is 1.00 bits per heavy atom. The molecule has 2 aromatic carbocycles. The lowest BCUT2D eigenvalue weighted by Gasteiger charge is -2.41. The predicted molar refractivity (Wildman–Crippen MR) is 133 cm³/mol. The molecule has 3 rings (SSSR count). The largest absolute Gasteiger partial charge is 0.491 e. The molecule has 0 atom stereocenters. The van der Waals surface area contributed by atoms with Crippen LogP contribution in [0.2, 0.25) is 5.02 Å². The van der Waals surface area contributed by atoms with Crippen molar-refractivity contribution >= 4 is 35.1 Å². The summed E-state index contributed by atoms with van der Waals surface area (Å²) < 4.78 is 5.75. The molecule has 7 heteroatoms. The fraction of sp³-hybridized carbons (Fsp3) is 0.423. The van der Waals surface area contributed by atoms with Gasteiger partial charge in [-0.1, -0.05) is 37.6 Å². The molecule has 0 radical (unpaired) electrons. The Morgan fingerprint density at radius 3 is 2.12 bits per heavy atom. The van der Waals surface area contributed by atoms with Crippen molar-refractivity contribution in [3.05, 3.63) is 59.1 Å². The number of benzene rings is 2. The summed E-state index contributed by atoms with van der Waals surface area (Å²) in [5.41, 5.74) is 0.604. The lowest BCUT2D eigenvalue weighted by Crippen LogP contribution is -2.58. The summed E-state index contributed by atoms with van der Waals surface area (Å²) in [4.78, 5) is 35.0. The first-order chi connectivity index (χ1) is 15.7. The summed E-state index contributed by atoms with van der Waals surface area (Å²) in [6.07, 6.45) is 0.882. The summed E-state index contributed by atoms with van der Waals surface area (Å²) in [7, 11) is 0. The van der Waals surface area contributed by atoms with Gasteiger partial charge >= 0.3 is 0 Å². The van der Waals surface area contributed by atoms with Gasteiger partial charge in [-0.3, -0.25) is 14.5 Å². The minimum absolute atomic E-state index is 0.0715. The van der Waals surface area contributed by atoms with E-state index in [0.717, 1.165) is 17.0 Å². The third kappa shape index (κ3) is 5.06. The van der Waals surface area contributed by atoms with Gasteiger partial charge in [-0.2, -0.15) is 4.99 Å². The predicted octanol–water partition coefficient (Wildman–Crippen LogP) is 5.68. The summed E-state index contributed by atoms with van der Waals surface area (Å²) in [5.74, 6) is 0.516. The lowest BCUT2D eigenvalue weighted by molar-refractivity contribution is -0.149. The van der Waals surface area contributed by atoms with Gasteiger partial charge < -0.3 is 9.64 Å². The maximum absolute atomic E-state index is 13.8. The molecule has 0 aromatic heterocycles. The highest BCUT2D eigenvalue weighted by atomic mass is 35.5. The summed E-state index contributed by atoms with van der Waals surface area (Å²) in [5, 5.41) is 0.628. The van der Waals surface area contributed by atoms with Gasteiger partial charge in [0.05, 0.1) is 12.6 Å². The Labute approximate surface area is 201 Å². The molecule has 0 saturated carbocycles.